The first kappa shape index (κ1) is 17.8. The van der Waals surface area contributed by atoms with Crippen molar-refractivity contribution in [3.63, 3.8) is 0 Å². The summed E-state index contributed by atoms with van der Waals surface area (Å²) in [6.07, 6.45) is 1.34. The zero-order valence-corrected chi connectivity index (χ0v) is 13.2. The van der Waals surface area contributed by atoms with Gasteiger partial charge in [0.05, 0.1) is 66.9 Å². The molecule has 1 N–H and O–H groups in total. The molecule has 4 rings (SSSR count). The molecule has 3 unspecified atom stereocenters. The number of likely N-dealkylation sites (N-methyl/N-ethyl adjacent to an activating group) is 1. The molecule has 0 bridgehead atoms. The molecule has 6 heteroatoms. The van der Waals surface area contributed by atoms with E-state index in [-0.39, 0.29) is 12.7 Å². The SMILES string of the molecule is C1CO1.CC1CO1.C[N+](C)(C)CC1CO1.OCC1CO1. The second-order valence-electron chi connectivity index (χ2n) is 6.32. The van der Waals surface area contributed by atoms with Crippen molar-refractivity contribution in [1.29, 1.82) is 0 Å². The van der Waals surface area contributed by atoms with Crippen LogP contribution in [0.3, 0.4) is 0 Å². The van der Waals surface area contributed by atoms with Crippen molar-refractivity contribution in [3.8, 4) is 0 Å². The van der Waals surface area contributed by atoms with E-state index in [2.05, 4.69) is 37.5 Å². The summed E-state index contributed by atoms with van der Waals surface area (Å²) in [6.45, 7) is 8.13. The maximum atomic E-state index is 8.08. The first-order chi connectivity index (χ1) is 9.40. The van der Waals surface area contributed by atoms with Crippen molar-refractivity contribution < 1.29 is 28.5 Å². The van der Waals surface area contributed by atoms with Gasteiger partial charge in [0.2, 0.25) is 0 Å². The number of aliphatic hydroxyl groups is 1. The Morgan fingerprint density at radius 2 is 1.35 bits per heavy atom. The average Bonchev–Trinajstić information content (AvgIpc) is 3.19. The van der Waals surface area contributed by atoms with Crippen LogP contribution in [-0.4, -0.2) is 95.2 Å². The Labute approximate surface area is 122 Å². The molecule has 0 aliphatic carbocycles. The van der Waals surface area contributed by atoms with Crippen molar-refractivity contribution in [3.05, 3.63) is 0 Å². The summed E-state index contributed by atoms with van der Waals surface area (Å²) < 4.78 is 19.9. The predicted molar refractivity (Wildman–Crippen MR) is 75.7 cm³/mol. The van der Waals surface area contributed by atoms with Gasteiger partial charge >= 0.3 is 0 Å². The fourth-order valence-corrected chi connectivity index (χ4v) is 1.05. The van der Waals surface area contributed by atoms with Gasteiger partial charge in [0, 0.05) is 0 Å². The van der Waals surface area contributed by atoms with Gasteiger partial charge in [-0.25, -0.2) is 0 Å². The Hall–Kier alpha value is -0.240. The van der Waals surface area contributed by atoms with E-state index < -0.39 is 0 Å². The minimum absolute atomic E-state index is 0.190. The number of epoxide rings is 4. The topological polar surface area (TPSA) is 70.3 Å². The van der Waals surface area contributed by atoms with Crippen LogP contribution in [0.1, 0.15) is 6.92 Å². The lowest BCUT2D eigenvalue weighted by Gasteiger charge is -2.22. The lowest BCUT2D eigenvalue weighted by Crippen LogP contribution is -2.37. The number of nitrogens with zero attached hydrogens (tertiary/aromatic N) is 1. The van der Waals surface area contributed by atoms with Gasteiger partial charge in [0.1, 0.15) is 18.8 Å². The number of ether oxygens (including phenoxy) is 4. The zero-order chi connectivity index (χ0) is 15.0. The fourth-order valence-electron chi connectivity index (χ4n) is 1.05. The van der Waals surface area contributed by atoms with Gasteiger partial charge in [0.25, 0.3) is 0 Å². The number of rotatable bonds is 3. The van der Waals surface area contributed by atoms with Crippen LogP contribution in [-0.2, 0) is 18.9 Å². The molecular formula is C14H30NO5+. The third kappa shape index (κ3) is 17.8. The number of hydrogen-bond acceptors (Lipinski definition) is 5. The van der Waals surface area contributed by atoms with Gasteiger partial charge in [-0.3, -0.25) is 0 Å². The maximum absolute atomic E-state index is 8.08. The van der Waals surface area contributed by atoms with Crippen molar-refractivity contribution in [2.24, 2.45) is 0 Å². The van der Waals surface area contributed by atoms with E-state index in [9.17, 15) is 0 Å². The smallest absolute Gasteiger partial charge is 0.130 e. The van der Waals surface area contributed by atoms with Crippen molar-refractivity contribution in [1.82, 2.24) is 0 Å². The van der Waals surface area contributed by atoms with Crippen LogP contribution < -0.4 is 0 Å². The molecule has 0 aromatic carbocycles. The largest absolute Gasteiger partial charge is 0.394 e. The quantitative estimate of drug-likeness (QED) is 0.580. The Balaban J connectivity index is 0.000000143. The summed E-state index contributed by atoms with van der Waals surface area (Å²) in [7, 11) is 6.55. The minimum atomic E-state index is 0.190. The van der Waals surface area contributed by atoms with E-state index >= 15 is 0 Å². The van der Waals surface area contributed by atoms with E-state index in [0.29, 0.717) is 12.2 Å². The van der Waals surface area contributed by atoms with E-state index in [1.54, 1.807) is 0 Å². The van der Waals surface area contributed by atoms with E-state index in [0.717, 1.165) is 44.1 Å². The predicted octanol–water partition coefficient (Wildman–Crippen LogP) is -0.109. The van der Waals surface area contributed by atoms with Crippen LogP contribution in [0.15, 0.2) is 0 Å². The summed E-state index contributed by atoms with van der Waals surface area (Å²) in [4.78, 5) is 0. The Morgan fingerprint density at radius 1 is 0.950 bits per heavy atom. The molecule has 0 amide bonds. The van der Waals surface area contributed by atoms with Crippen molar-refractivity contribution >= 4 is 0 Å². The summed E-state index contributed by atoms with van der Waals surface area (Å²) >= 11 is 0. The highest BCUT2D eigenvalue weighted by molar-refractivity contribution is 4.66. The zero-order valence-electron chi connectivity index (χ0n) is 13.2. The van der Waals surface area contributed by atoms with Gasteiger partial charge in [-0.15, -0.1) is 0 Å². The highest BCUT2D eigenvalue weighted by Gasteiger charge is 2.28. The van der Waals surface area contributed by atoms with Crippen molar-refractivity contribution in [2.75, 3.05) is 67.3 Å². The van der Waals surface area contributed by atoms with Gasteiger partial charge < -0.3 is 28.5 Å². The average molecular weight is 292 g/mol. The number of aliphatic hydroxyl groups excluding tert-OH is 1. The van der Waals surface area contributed by atoms with Crippen molar-refractivity contribution in [2.45, 2.75) is 25.2 Å². The van der Waals surface area contributed by atoms with Crippen LogP contribution in [0.2, 0.25) is 0 Å². The molecule has 120 valence electrons. The normalized spacial score (nSPS) is 31.4. The lowest BCUT2D eigenvalue weighted by atomic mass is 10.4. The summed E-state index contributed by atoms with van der Waals surface area (Å²) in [5.74, 6) is 0. The van der Waals surface area contributed by atoms with Crippen LogP contribution in [0.5, 0.6) is 0 Å². The summed E-state index contributed by atoms with van der Waals surface area (Å²) in [6, 6.07) is 0. The first-order valence-electron chi connectivity index (χ1n) is 7.24. The van der Waals surface area contributed by atoms with E-state index in [1.807, 2.05) is 0 Å². The summed E-state index contributed by atoms with van der Waals surface area (Å²) in [5.41, 5.74) is 0. The van der Waals surface area contributed by atoms with Gasteiger partial charge in [-0.1, -0.05) is 0 Å². The first-order valence-corrected chi connectivity index (χ1v) is 7.24. The minimum Gasteiger partial charge on any atom is -0.394 e. The molecule has 0 spiro atoms. The lowest BCUT2D eigenvalue weighted by molar-refractivity contribution is -0.870. The Kier molecular flexibility index (Phi) is 7.94. The van der Waals surface area contributed by atoms with E-state index in [1.165, 1.54) is 0 Å². The molecular weight excluding hydrogens is 262 g/mol. The Bertz CT molecular complexity index is 240. The van der Waals surface area contributed by atoms with Crippen LogP contribution in [0.25, 0.3) is 0 Å². The van der Waals surface area contributed by atoms with Crippen LogP contribution in [0.4, 0.5) is 0 Å². The molecule has 6 nitrogen and oxygen atoms in total. The van der Waals surface area contributed by atoms with Gasteiger partial charge in [-0.2, -0.15) is 0 Å². The fraction of sp³-hybridized carbons (Fsp3) is 1.00. The molecule has 4 aliphatic rings. The molecule has 3 atom stereocenters. The molecule has 4 saturated heterocycles. The Morgan fingerprint density at radius 3 is 1.40 bits per heavy atom. The molecule has 4 heterocycles. The van der Waals surface area contributed by atoms with Gasteiger partial charge in [0.15, 0.2) is 0 Å². The van der Waals surface area contributed by atoms with Gasteiger partial charge in [-0.05, 0) is 6.92 Å². The molecule has 0 aromatic heterocycles. The highest BCUT2D eigenvalue weighted by atomic mass is 16.6. The molecule has 0 radical (unpaired) electrons. The maximum Gasteiger partial charge on any atom is 0.130 e. The third-order valence-electron chi connectivity index (χ3n) is 2.46. The second-order valence-corrected chi connectivity index (χ2v) is 6.32. The molecule has 0 saturated carbocycles. The van der Waals surface area contributed by atoms with Crippen LogP contribution >= 0.6 is 0 Å². The number of quaternary nitrogens is 1. The standard InChI is InChI=1S/C6H14NO.C3H6O2.C3H6O.C2H4O/c1-7(2,3)4-6-5-8-6;4-1-3-2-5-3;1-3-2-4-3;1-2-3-1/h6H,4-5H2,1-3H3;3-4H,1-2H2;3H,2H2,1H3;1-2H2/q+1;;;. The molecule has 20 heavy (non-hydrogen) atoms. The summed E-state index contributed by atoms with van der Waals surface area (Å²) in [5, 5.41) is 8.08. The molecule has 0 aromatic rings. The third-order valence-corrected chi connectivity index (χ3v) is 2.46. The highest BCUT2D eigenvalue weighted by Crippen LogP contribution is 2.11. The molecule has 4 aliphatic heterocycles. The number of hydrogen-bond donors (Lipinski definition) is 1. The van der Waals surface area contributed by atoms with Crippen LogP contribution in [0, 0.1) is 0 Å². The second kappa shape index (κ2) is 8.92. The molecule has 4 fully saturated rings. The monoisotopic (exact) mass is 292 g/mol. The van der Waals surface area contributed by atoms with E-state index in [4.69, 9.17) is 14.6 Å².